The molecule has 102 valence electrons. The number of oxazole rings is 1. The molecule has 4 heteroatoms. The van der Waals surface area contributed by atoms with Gasteiger partial charge in [-0.3, -0.25) is 4.90 Å². The van der Waals surface area contributed by atoms with Crippen molar-refractivity contribution in [3.8, 4) is 0 Å². The predicted octanol–water partition coefficient (Wildman–Crippen LogP) is 2.19. The first-order chi connectivity index (χ1) is 8.54. The van der Waals surface area contributed by atoms with Gasteiger partial charge in [0.2, 0.25) is 5.89 Å². The third-order valence-corrected chi connectivity index (χ3v) is 3.54. The van der Waals surface area contributed by atoms with Gasteiger partial charge in [0.15, 0.2) is 0 Å². The molecule has 4 nitrogen and oxygen atoms in total. The molecular formula is C14H25N3O. The molecule has 2 rings (SSSR count). The highest BCUT2D eigenvalue weighted by Gasteiger charge is 2.26. The zero-order valence-corrected chi connectivity index (χ0v) is 11.9. The summed E-state index contributed by atoms with van der Waals surface area (Å²) in [6, 6.07) is 1.14. The van der Waals surface area contributed by atoms with Crippen LogP contribution in [0.15, 0.2) is 10.6 Å². The van der Waals surface area contributed by atoms with Gasteiger partial charge >= 0.3 is 0 Å². The van der Waals surface area contributed by atoms with Crippen molar-refractivity contribution in [1.29, 1.82) is 0 Å². The number of aryl methyl sites for hydroxylation is 1. The number of nitrogens with zero attached hydrogens (tertiary/aromatic N) is 2. The van der Waals surface area contributed by atoms with Crippen LogP contribution in [0.5, 0.6) is 0 Å². The van der Waals surface area contributed by atoms with Crippen molar-refractivity contribution in [2.75, 3.05) is 13.1 Å². The predicted molar refractivity (Wildman–Crippen MR) is 72.4 cm³/mol. The first kappa shape index (κ1) is 13.6. The molecule has 1 aromatic rings. The number of nitrogens with one attached hydrogen (secondary N) is 1. The number of rotatable bonds is 4. The molecule has 2 heterocycles. The molecular weight excluding hydrogens is 226 g/mol. The van der Waals surface area contributed by atoms with E-state index < -0.39 is 0 Å². The topological polar surface area (TPSA) is 41.3 Å². The van der Waals surface area contributed by atoms with Crippen LogP contribution in [-0.2, 0) is 6.54 Å². The Morgan fingerprint density at radius 1 is 1.56 bits per heavy atom. The summed E-state index contributed by atoms with van der Waals surface area (Å²) < 4.78 is 5.58. The Bertz CT molecular complexity index is 375. The Labute approximate surface area is 110 Å². The number of hydrogen-bond acceptors (Lipinski definition) is 4. The molecule has 0 amide bonds. The molecule has 0 spiro atoms. The second kappa shape index (κ2) is 5.85. The largest absolute Gasteiger partial charge is 0.445 e. The molecule has 18 heavy (non-hydrogen) atoms. The summed E-state index contributed by atoms with van der Waals surface area (Å²) in [7, 11) is 0. The van der Waals surface area contributed by atoms with Gasteiger partial charge in [-0.25, -0.2) is 4.98 Å². The molecule has 1 aromatic heterocycles. The molecule has 1 aliphatic heterocycles. The van der Waals surface area contributed by atoms with E-state index in [0.717, 1.165) is 37.2 Å². The van der Waals surface area contributed by atoms with Crippen LogP contribution in [0.1, 0.15) is 38.8 Å². The molecule has 0 saturated carbocycles. The van der Waals surface area contributed by atoms with Gasteiger partial charge in [-0.15, -0.1) is 0 Å². The van der Waals surface area contributed by atoms with Gasteiger partial charge in [0.25, 0.3) is 0 Å². The summed E-state index contributed by atoms with van der Waals surface area (Å²) in [5.74, 6) is 2.47. The van der Waals surface area contributed by atoms with Crippen LogP contribution in [-0.4, -0.2) is 35.1 Å². The van der Waals surface area contributed by atoms with Crippen LogP contribution in [0.2, 0.25) is 0 Å². The highest BCUT2D eigenvalue weighted by atomic mass is 16.4. The second-order valence-electron chi connectivity index (χ2n) is 5.88. The van der Waals surface area contributed by atoms with Crippen LogP contribution in [0, 0.1) is 12.8 Å². The van der Waals surface area contributed by atoms with Crippen molar-refractivity contribution in [2.45, 2.75) is 52.7 Å². The molecule has 1 fully saturated rings. The highest BCUT2D eigenvalue weighted by Crippen LogP contribution is 2.16. The van der Waals surface area contributed by atoms with Crippen molar-refractivity contribution < 1.29 is 4.42 Å². The standard InChI is InChI=1S/C14H25N3O/c1-10(2)5-13-8-17(11(3)6-15-13)9-14-16-7-12(4)18-14/h7,10-11,13,15H,5-6,8-9H2,1-4H3. The van der Waals surface area contributed by atoms with E-state index in [1.807, 2.05) is 6.92 Å². The molecule has 0 aliphatic carbocycles. The Morgan fingerprint density at radius 3 is 2.94 bits per heavy atom. The minimum atomic E-state index is 0.542. The molecule has 2 atom stereocenters. The fourth-order valence-electron chi connectivity index (χ4n) is 2.59. The maximum absolute atomic E-state index is 5.58. The van der Waals surface area contributed by atoms with Crippen molar-refractivity contribution in [3.63, 3.8) is 0 Å². The van der Waals surface area contributed by atoms with Crippen molar-refractivity contribution in [3.05, 3.63) is 17.8 Å². The summed E-state index contributed by atoms with van der Waals surface area (Å²) in [6.45, 7) is 11.7. The van der Waals surface area contributed by atoms with Gasteiger partial charge in [0, 0.05) is 25.2 Å². The molecule has 1 N–H and O–H groups in total. The Balaban J connectivity index is 1.93. The minimum Gasteiger partial charge on any atom is -0.445 e. The Kier molecular flexibility index (Phi) is 4.40. The zero-order valence-electron chi connectivity index (χ0n) is 11.9. The monoisotopic (exact) mass is 251 g/mol. The van der Waals surface area contributed by atoms with Gasteiger partial charge in [-0.05, 0) is 26.2 Å². The molecule has 2 unspecified atom stereocenters. The van der Waals surface area contributed by atoms with Crippen molar-refractivity contribution in [2.24, 2.45) is 5.92 Å². The average Bonchev–Trinajstić information content (AvgIpc) is 2.68. The van der Waals surface area contributed by atoms with E-state index in [0.29, 0.717) is 12.1 Å². The van der Waals surface area contributed by atoms with Crippen LogP contribution in [0.4, 0.5) is 0 Å². The summed E-state index contributed by atoms with van der Waals surface area (Å²) in [5, 5.41) is 3.63. The van der Waals surface area contributed by atoms with Crippen LogP contribution in [0.25, 0.3) is 0 Å². The first-order valence-corrected chi connectivity index (χ1v) is 6.93. The zero-order chi connectivity index (χ0) is 13.1. The Hall–Kier alpha value is -0.870. The van der Waals surface area contributed by atoms with Gasteiger partial charge in [0.05, 0.1) is 12.7 Å². The lowest BCUT2D eigenvalue weighted by molar-refractivity contribution is 0.114. The highest BCUT2D eigenvalue weighted by molar-refractivity contribution is 4.93. The van der Waals surface area contributed by atoms with Gasteiger partial charge in [-0.2, -0.15) is 0 Å². The summed E-state index contributed by atoms with van der Waals surface area (Å²) in [6.07, 6.45) is 3.03. The lowest BCUT2D eigenvalue weighted by Gasteiger charge is -2.38. The first-order valence-electron chi connectivity index (χ1n) is 6.93. The summed E-state index contributed by atoms with van der Waals surface area (Å²) in [5.41, 5.74) is 0. The van der Waals surface area contributed by atoms with E-state index in [1.54, 1.807) is 6.20 Å². The third-order valence-electron chi connectivity index (χ3n) is 3.54. The molecule has 0 radical (unpaired) electrons. The fourth-order valence-corrected chi connectivity index (χ4v) is 2.59. The maximum Gasteiger partial charge on any atom is 0.208 e. The smallest absolute Gasteiger partial charge is 0.208 e. The van der Waals surface area contributed by atoms with E-state index in [-0.39, 0.29) is 0 Å². The molecule has 1 aliphatic rings. The maximum atomic E-state index is 5.58. The fraction of sp³-hybridized carbons (Fsp3) is 0.786. The normalized spacial score (nSPS) is 25.8. The van der Waals surface area contributed by atoms with Crippen LogP contribution in [0.3, 0.4) is 0 Å². The van der Waals surface area contributed by atoms with E-state index in [9.17, 15) is 0 Å². The molecule has 0 aromatic carbocycles. The molecule has 0 bridgehead atoms. The average molecular weight is 251 g/mol. The Morgan fingerprint density at radius 2 is 2.33 bits per heavy atom. The van der Waals surface area contributed by atoms with E-state index in [1.165, 1.54) is 6.42 Å². The van der Waals surface area contributed by atoms with Crippen molar-refractivity contribution >= 4 is 0 Å². The summed E-state index contributed by atoms with van der Waals surface area (Å²) in [4.78, 5) is 6.77. The minimum absolute atomic E-state index is 0.542. The van der Waals surface area contributed by atoms with Gasteiger partial charge in [0.1, 0.15) is 5.76 Å². The summed E-state index contributed by atoms with van der Waals surface area (Å²) >= 11 is 0. The van der Waals surface area contributed by atoms with Gasteiger partial charge in [-0.1, -0.05) is 13.8 Å². The SMILES string of the molecule is Cc1cnc(CN2CC(CC(C)C)NCC2C)o1. The lowest BCUT2D eigenvalue weighted by atomic mass is 10.0. The van der Waals surface area contributed by atoms with Crippen LogP contribution < -0.4 is 5.32 Å². The molecule has 1 saturated heterocycles. The lowest BCUT2D eigenvalue weighted by Crippen LogP contribution is -2.55. The quantitative estimate of drug-likeness (QED) is 0.890. The second-order valence-corrected chi connectivity index (χ2v) is 5.88. The number of hydrogen-bond donors (Lipinski definition) is 1. The number of aromatic nitrogens is 1. The van der Waals surface area contributed by atoms with Gasteiger partial charge < -0.3 is 9.73 Å². The van der Waals surface area contributed by atoms with E-state index in [4.69, 9.17) is 4.42 Å². The van der Waals surface area contributed by atoms with Crippen molar-refractivity contribution in [1.82, 2.24) is 15.2 Å². The van der Waals surface area contributed by atoms with E-state index >= 15 is 0 Å². The number of piperazine rings is 1. The van der Waals surface area contributed by atoms with E-state index in [2.05, 4.69) is 36.0 Å². The van der Waals surface area contributed by atoms with Crippen LogP contribution >= 0.6 is 0 Å². The third kappa shape index (κ3) is 3.56.